The summed E-state index contributed by atoms with van der Waals surface area (Å²) in [5.41, 5.74) is -5.71. The van der Waals surface area contributed by atoms with Crippen molar-refractivity contribution in [1.29, 1.82) is 5.26 Å². The molecule has 3 heterocycles. The van der Waals surface area contributed by atoms with E-state index in [1.807, 2.05) is 67.5 Å². The van der Waals surface area contributed by atoms with Crippen LogP contribution in [0.4, 0.5) is 19.0 Å². The first kappa shape index (κ1) is 36.4. The summed E-state index contributed by atoms with van der Waals surface area (Å²) in [6.45, 7) is 15.6. The number of ether oxygens (including phenoxy) is 1. The van der Waals surface area contributed by atoms with Gasteiger partial charge in [-0.05, 0) is 27.7 Å². The van der Waals surface area contributed by atoms with E-state index in [2.05, 4.69) is 9.98 Å². The SMILES string of the molecule is CC(C)[Si]1(C(C)C)OC[C@H]2O[C@@H](n3cnc(C#N)c3N=Cc3ccccc3)[C@H](OS(=O)(=O)C(F)(F)F)[C@@H]2O[Si](C(C)C)(C(C)C)O1. The number of halogens is 3. The van der Waals surface area contributed by atoms with Gasteiger partial charge in [-0.1, -0.05) is 85.7 Å². The molecule has 11 nitrogen and oxygen atoms in total. The molecule has 0 radical (unpaired) electrons. The van der Waals surface area contributed by atoms with Crippen LogP contribution < -0.4 is 0 Å². The van der Waals surface area contributed by atoms with Crippen molar-refractivity contribution in [3.8, 4) is 6.07 Å². The van der Waals surface area contributed by atoms with E-state index in [-0.39, 0.29) is 40.3 Å². The Morgan fingerprint density at radius 1 is 1.04 bits per heavy atom. The van der Waals surface area contributed by atoms with Crippen molar-refractivity contribution in [1.82, 2.24) is 9.55 Å². The molecule has 0 saturated carbocycles. The lowest BCUT2D eigenvalue weighted by Gasteiger charge is -2.51. The molecule has 0 spiro atoms. The number of rotatable bonds is 9. The highest BCUT2D eigenvalue weighted by Crippen LogP contribution is 2.50. The maximum atomic E-state index is 13.8. The van der Waals surface area contributed by atoms with Crippen LogP contribution in [0.1, 0.15) is 72.9 Å². The van der Waals surface area contributed by atoms with Gasteiger partial charge in [0.05, 0.1) is 6.61 Å². The Balaban J connectivity index is 1.91. The molecule has 2 aromatic rings. The highest BCUT2D eigenvalue weighted by atomic mass is 32.2. The zero-order valence-electron chi connectivity index (χ0n) is 27.1. The summed E-state index contributed by atoms with van der Waals surface area (Å²) in [6, 6.07) is 10.8. The topological polar surface area (TPSA) is 134 Å². The number of aromatic nitrogens is 2. The van der Waals surface area contributed by atoms with Crippen molar-refractivity contribution in [2.45, 2.75) is 108 Å². The average Bonchev–Trinajstić information content (AvgIpc) is 3.51. The van der Waals surface area contributed by atoms with E-state index in [1.54, 1.807) is 24.3 Å². The van der Waals surface area contributed by atoms with Crippen molar-refractivity contribution in [3.05, 3.63) is 47.9 Å². The predicted octanol–water partition coefficient (Wildman–Crippen LogP) is 6.59. The fourth-order valence-corrected chi connectivity index (χ4v) is 17.9. The van der Waals surface area contributed by atoms with Crippen LogP contribution >= 0.6 is 0 Å². The van der Waals surface area contributed by atoms with Crippen molar-refractivity contribution in [3.63, 3.8) is 0 Å². The average molecular weight is 703 g/mol. The number of nitriles is 1. The van der Waals surface area contributed by atoms with Gasteiger partial charge in [0, 0.05) is 6.21 Å². The van der Waals surface area contributed by atoms with Gasteiger partial charge >= 0.3 is 32.7 Å². The summed E-state index contributed by atoms with van der Waals surface area (Å²) >= 11 is 0. The van der Waals surface area contributed by atoms with Crippen LogP contribution in [0, 0.1) is 11.3 Å². The van der Waals surface area contributed by atoms with Crippen molar-refractivity contribution >= 4 is 39.3 Å². The summed E-state index contributed by atoms with van der Waals surface area (Å²) in [7, 11) is -12.7. The van der Waals surface area contributed by atoms with E-state index >= 15 is 0 Å². The Labute approximate surface area is 270 Å². The highest BCUT2D eigenvalue weighted by Gasteiger charge is 2.63. The summed E-state index contributed by atoms with van der Waals surface area (Å²) in [5, 5.41) is 9.80. The van der Waals surface area contributed by atoms with Gasteiger partial charge in [-0.3, -0.25) is 8.75 Å². The van der Waals surface area contributed by atoms with E-state index < -0.39 is 57.3 Å². The molecular weight excluding hydrogens is 662 g/mol. The Bertz CT molecular complexity index is 1530. The van der Waals surface area contributed by atoms with E-state index in [4.69, 9.17) is 21.9 Å². The molecule has 4 rings (SSSR count). The van der Waals surface area contributed by atoms with Gasteiger partial charge in [-0.25, -0.2) is 9.98 Å². The number of imidazole rings is 1. The molecule has 46 heavy (non-hydrogen) atoms. The normalized spacial score (nSPS) is 25.3. The lowest BCUT2D eigenvalue weighted by molar-refractivity contribution is -0.0697. The standard InChI is InChI=1S/C29H41F3N4O7SSi2/c1-18(2)45(19(3)4)39-16-24-25(42-46(43-45,20(5)6)21(7)8)26(41-44(37,38)29(30,31)32)28(40-24)36-17-35-23(14-33)27(36)34-15-22-12-10-9-11-13-22/h9-13,15,17-21,24-26,28H,16H2,1-8H3/t24-,25-,26-,28-/m1/s1. The molecule has 254 valence electrons. The van der Waals surface area contributed by atoms with Crippen LogP contribution in [0.5, 0.6) is 0 Å². The molecule has 0 bridgehead atoms. The van der Waals surface area contributed by atoms with Gasteiger partial charge in [0.2, 0.25) is 0 Å². The van der Waals surface area contributed by atoms with Crippen LogP contribution in [0.25, 0.3) is 0 Å². The van der Waals surface area contributed by atoms with Gasteiger partial charge < -0.3 is 17.7 Å². The van der Waals surface area contributed by atoms with Crippen LogP contribution in [0.2, 0.25) is 22.2 Å². The smallest absolute Gasteiger partial charge is 0.414 e. The molecule has 0 N–H and O–H groups in total. The van der Waals surface area contributed by atoms with Crippen LogP contribution in [0.3, 0.4) is 0 Å². The molecule has 17 heteroatoms. The zero-order chi connectivity index (χ0) is 34.2. The molecular formula is C29H41F3N4O7SSi2. The molecule has 0 aliphatic carbocycles. The number of alkyl halides is 3. The zero-order valence-corrected chi connectivity index (χ0v) is 29.9. The third-order valence-electron chi connectivity index (χ3n) is 8.42. The fourth-order valence-electron chi connectivity index (χ4n) is 6.07. The van der Waals surface area contributed by atoms with Crippen LogP contribution in [-0.2, 0) is 32.0 Å². The quantitative estimate of drug-likeness (QED) is 0.123. The number of fused-ring (bicyclic) bond motifs is 1. The maximum Gasteiger partial charge on any atom is 0.523 e. The van der Waals surface area contributed by atoms with E-state index in [0.29, 0.717) is 5.56 Å². The van der Waals surface area contributed by atoms with E-state index in [0.717, 1.165) is 6.33 Å². The molecule has 2 aliphatic rings. The molecule has 1 aromatic heterocycles. The van der Waals surface area contributed by atoms with Crippen molar-refractivity contribution in [2.75, 3.05) is 6.61 Å². The number of nitrogens with zero attached hydrogens (tertiary/aromatic N) is 4. The second kappa shape index (κ2) is 13.6. The van der Waals surface area contributed by atoms with Gasteiger partial charge in [-0.2, -0.15) is 26.9 Å². The van der Waals surface area contributed by atoms with Crippen molar-refractivity contribution < 1.29 is 43.5 Å². The van der Waals surface area contributed by atoms with Gasteiger partial charge in [0.15, 0.2) is 23.8 Å². The van der Waals surface area contributed by atoms with E-state index in [9.17, 15) is 26.9 Å². The third kappa shape index (κ3) is 6.76. The minimum Gasteiger partial charge on any atom is -0.414 e. The second-order valence-corrected chi connectivity index (χ2v) is 23.1. The lowest BCUT2D eigenvalue weighted by atomic mass is 10.1. The van der Waals surface area contributed by atoms with Crippen LogP contribution in [0.15, 0.2) is 41.7 Å². The monoisotopic (exact) mass is 702 g/mol. The number of hydrogen-bond donors (Lipinski definition) is 0. The minimum atomic E-state index is -6.14. The van der Waals surface area contributed by atoms with Crippen molar-refractivity contribution in [2.24, 2.45) is 4.99 Å². The molecule has 2 fully saturated rings. The van der Waals surface area contributed by atoms with Gasteiger partial charge in [-0.15, -0.1) is 0 Å². The molecule has 2 aliphatic heterocycles. The minimum absolute atomic E-state index is 0.0300. The highest BCUT2D eigenvalue weighted by molar-refractivity contribution is 7.87. The first-order valence-electron chi connectivity index (χ1n) is 15.1. The third-order valence-corrected chi connectivity index (χ3v) is 19.7. The summed E-state index contributed by atoms with van der Waals surface area (Å²) in [6.07, 6.45) is -3.23. The summed E-state index contributed by atoms with van der Waals surface area (Å²) in [5.74, 6) is -0.0647. The van der Waals surface area contributed by atoms with Gasteiger partial charge in [0.1, 0.15) is 24.6 Å². The molecule has 4 atom stereocenters. The Morgan fingerprint density at radius 3 is 2.15 bits per heavy atom. The first-order chi connectivity index (χ1) is 21.4. The Hall–Kier alpha value is -2.44. The molecule has 2 saturated heterocycles. The molecule has 1 aromatic carbocycles. The Kier molecular flexibility index (Phi) is 10.8. The maximum absolute atomic E-state index is 13.8. The summed E-state index contributed by atoms with van der Waals surface area (Å²) < 4.78 is 99.7. The molecule has 0 amide bonds. The largest absolute Gasteiger partial charge is 0.523 e. The Morgan fingerprint density at radius 2 is 1.63 bits per heavy atom. The summed E-state index contributed by atoms with van der Waals surface area (Å²) in [4.78, 5) is 8.48. The number of hydrogen-bond acceptors (Lipinski definition) is 10. The number of benzene rings is 1. The van der Waals surface area contributed by atoms with E-state index in [1.165, 1.54) is 10.8 Å². The first-order valence-corrected chi connectivity index (χ1v) is 20.5. The predicted molar refractivity (Wildman–Crippen MR) is 168 cm³/mol. The van der Waals surface area contributed by atoms with Crippen LogP contribution in [-0.4, -0.2) is 71.7 Å². The molecule has 0 unspecified atom stereocenters. The lowest BCUT2D eigenvalue weighted by Crippen LogP contribution is -2.66. The fraction of sp³-hybridized carbons (Fsp3) is 0.621. The number of aliphatic imine (C=N–C) groups is 1. The van der Waals surface area contributed by atoms with Gasteiger partial charge in [0.25, 0.3) is 0 Å². The second-order valence-electron chi connectivity index (χ2n) is 12.7.